The number of rotatable bonds is 7. The average molecular weight is 784 g/mol. The number of aliphatic hydroxyl groups is 4. The van der Waals surface area contributed by atoms with Crippen molar-refractivity contribution >= 4 is 23.6 Å². The summed E-state index contributed by atoms with van der Waals surface area (Å²) in [5.41, 5.74) is -3.39. The molecule has 2 amide bonds. The van der Waals surface area contributed by atoms with Crippen LogP contribution in [0.4, 0.5) is 4.79 Å². The van der Waals surface area contributed by atoms with Gasteiger partial charge in [0.25, 0.3) is 0 Å². The minimum Gasteiger partial charge on any atom is -0.483 e. The van der Waals surface area contributed by atoms with Crippen molar-refractivity contribution in [1.82, 2.24) is 15.1 Å². The van der Waals surface area contributed by atoms with E-state index < -0.39 is 77.9 Å². The van der Waals surface area contributed by atoms with E-state index in [9.17, 15) is 30.0 Å². The first-order chi connectivity index (χ1) is 25.2. The molecule has 0 spiro atoms. The monoisotopic (exact) mass is 783 g/mol. The second kappa shape index (κ2) is 18.4. The summed E-state index contributed by atoms with van der Waals surface area (Å²) in [6.45, 7) is 14.0. The predicted molar refractivity (Wildman–Crippen MR) is 205 cm³/mol. The van der Waals surface area contributed by atoms with Gasteiger partial charge in [0.2, 0.25) is 0 Å². The minimum atomic E-state index is -1.79. The predicted octanol–water partition coefficient (Wildman–Crippen LogP) is 4.35. The van der Waals surface area contributed by atoms with E-state index in [4.69, 9.17) is 30.5 Å². The number of nitrogens with zero attached hydrogens (tertiary/aromatic N) is 2. The van der Waals surface area contributed by atoms with Crippen LogP contribution in [0.5, 0.6) is 5.75 Å². The summed E-state index contributed by atoms with van der Waals surface area (Å²) in [5.74, 6) is -2.48. The van der Waals surface area contributed by atoms with Gasteiger partial charge in [0.15, 0.2) is 12.4 Å². The highest BCUT2D eigenvalue weighted by atomic mass is 35.5. The Morgan fingerprint density at radius 2 is 1.74 bits per heavy atom. The van der Waals surface area contributed by atoms with Gasteiger partial charge in [-0.3, -0.25) is 4.79 Å². The maximum Gasteiger partial charge on any atom is 0.320 e. The number of halogens is 1. The maximum absolute atomic E-state index is 13.9. The van der Waals surface area contributed by atoms with Crippen molar-refractivity contribution in [3.63, 3.8) is 0 Å². The molecule has 3 aliphatic rings. The van der Waals surface area contributed by atoms with Gasteiger partial charge in [0, 0.05) is 37.1 Å². The Bertz CT molecular complexity index is 1400. The van der Waals surface area contributed by atoms with E-state index in [0.717, 1.165) is 19.3 Å². The summed E-state index contributed by atoms with van der Waals surface area (Å²) < 4.78 is 25.7. The van der Waals surface area contributed by atoms with Gasteiger partial charge in [-0.25, -0.2) is 4.79 Å². The number of ether oxygens (including phenoxy) is 4. The number of nitrogens with one attached hydrogen (secondary N) is 1. The van der Waals surface area contributed by atoms with Gasteiger partial charge >= 0.3 is 12.0 Å². The van der Waals surface area contributed by atoms with Gasteiger partial charge in [0.1, 0.15) is 23.6 Å². The molecule has 14 heteroatoms. The van der Waals surface area contributed by atoms with Crippen molar-refractivity contribution in [3.05, 3.63) is 29.3 Å². The number of cyclic esters (lactones) is 1. The number of esters is 1. The lowest BCUT2D eigenvalue weighted by molar-refractivity contribution is -0.294. The Morgan fingerprint density at radius 1 is 1.07 bits per heavy atom. The molecule has 1 aromatic rings. The number of benzene rings is 1. The molecule has 4 rings (SSSR count). The number of urea groups is 1. The van der Waals surface area contributed by atoms with Crippen molar-refractivity contribution in [1.29, 1.82) is 0 Å². The molecule has 13 nitrogen and oxygen atoms in total. The average Bonchev–Trinajstić information content (AvgIpc) is 3.08. The molecule has 1 aliphatic carbocycles. The molecule has 2 aliphatic heterocycles. The molecule has 54 heavy (non-hydrogen) atoms. The lowest BCUT2D eigenvalue weighted by Gasteiger charge is -2.48. The van der Waals surface area contributed by atoms with Crippen molar-refractivity contribution in [2.24, 2.45) is 17.8 Å². The van der Waals surface area contributed by atoms with E-state index in [1.807, 2.05) is 20.9 Å². The molecule has 5 N–H and O–H groups in total. The molecule has 0 aromatic heterocycles. The molecule has 308 valence electrons. The first kappa shape index (κ1) is 44.5. The fraction of sp³-hybridized carbons (Fsp3) is 0.800. The van der Waals surface area contributed by atoms with Gasteiger partial charge in [-0.1, -0.05) is 38.4 Å². The van der Waals surface area contributed by atoms with Crippen LogP contribution in [0.1, 0.15) is 93.9 Å². The fourth-order valence-corrected chi connectivity index (χ4v) is 8.55. The van der Waals surface area contributed by atoms with Crippen LogP contribution in [0.15, 0.2) is 24.3 Å². The van der Waals surface area contributed by atoms with E-state index in [0.29, 0.717) is 23.7 Å². The Kier molecular flexibility index (Phi) is 15.1. The zero-order valence-corrected chi connectivity index (χ0v) is 34.5. The van der Waals surface area contributed by atoms with Gasteiger partial charge in [-0.2, -0.15) is 0 Å². The number of aliphatic hydroxyl groups excluding tert-OH is 2. The molecular formula is C40H66ClN3O10. The van der Waals surface area contributed by atoms with Crippen molar-refractivity contribution < 1.29 is 49.0 Å². The number of hydrogen-bond acceptors (Lipinski definition) is 11. The normalized spacial score (nSPS) is 40.4. The van der Waals surface area contributed by atoms with E-state index in [2.05, 4.69) is 5.32 Å². The number of carbonyl (C=O) groups excluding carboxylic acids is 2. The summed E-state index contributed by atoms with van der Waals surface area (Å²) >= 11 is 6.36. The van der Waals surface area contributed by atoms with Crippen LogP contribution in [0.2, 0.25) is 5.02 Å². The SMILES string of the molecule is CC[C@H]1OC(=O)[C@H](C)[C@@H](O)[C@H](C)[C@@H](O[C@@H]2O[C@H](C)C[C@H](N(C)C(=O)N(C)C3CCC3)[C@H]2Oc2cccc(Cl)c2)[C@](C)(O)C[C@@H](C)CN[C@H](C)[C@@H](O)[C@]1(C)O. The van der Waals surface area contributed by atoms with Crippen molar-refractivity contribution in [2.75, 3.05) is 20.6 Å². The molecule has 14 atom stereocenters. The Labute approximate surface area is 326 Å². The smallest absolute Gasteiger partial charge is 0.320 e. The van der Waals surface area contributed by atoms with Gasteiger partial charge in [-0.15, -0.1) is 0 Å². The molecule has 0 bridgehead atoms. The second-order valence-electron chi connectivity index (χ2n) is 16.8. The quantitative estimate of drug-likeness (QED) is 0.249. The summed E-state index contributed by atoms with van der Waals surface area (Å²) in [4.78, 5) is 31.0. The fourth-order valence-electron chi connectivity index (χ4n) is 8.37. The summed E-state index contributed by atoms with van der Waals surface area (Å²) in [5, 5.41) is 50.6. The summed E-state index contributed by atoms with van der Waals surface area (Å²) in [7, 11) is 3.57. The lowest BCUT2D eigenvalue weighted by Crippen LogP contribution is -2.63. The molecular weight excluding hydrogens is 718 g/mol. The molecule has 1 saturated carbocycles. The van der Waals surface area contributed by atoms with Gasteiger partial charge < -0.3 is 54.5 Å². The van der Waals surface area contributed by atoms with Crippen LogP contribution in [0, 0.1) is 17.8 Å². The first-order valence-corrected chi connectivity index (χ1v) is 20.0. The molecule has 0 unspecified atom stereocenters. The molecule has 1 aromatic carbocycles. The van der Waals surface area contributed by atoms with Crippen LogP contribution in [0.25, 0.3) is 0 Å². The van der Waals surface area contributed by atoms with E-state index in [1.165, 1.54) is 13.8 Å². The first-order valence-electron chi connectivity index (χ1n) is 19.7. The third-order valence-corrected chi connectivity index (χ3v) is 12.3. The highest BCUT2D eigenvalue weighted by Gasteiger charge is 2.51. The molecule has 0 radical (unpaired) electrons. The number of carbonyl (C=O) groups is 2. The highest BCUT2D eigenvalue weighted by molar-refractivity contribution is 6.30. The van der Waals surface area contributed by atoms with Gasteiger partial charge in [-0.05, 0) is 104 Å². The van der Waals surface area contributed by atoms with Crippen molar-refractivity contribution in [3.8, 4) is 5.75 Å². The summed E-state index contributed by atoms with van der Waals surface area (Å²) in [6.07, 6.45) is -3.46. The van der Waals surface area contributed by atoms with Crippen LogP contribution in [-0.4, -0.2) is 135 Å². The number of likely N-dealkylation sites (N-methyl/N-ethyl adjacent to an activating group) is 1. The summed E-state index contributed by atoms with van der Waals surface area (Å²) in [6, 6.07) is 5.81. The maximum atomic E-state index is 13.9. The Hall–Kier alpha value is -2.23. The van der Waals surface area contributed by atoms with Crippen LogP contribution in [0.3, 0.4) is 0 Å². The van der Waals surface area contributed by atoms with Gasteiger partial charge in [0.05, 0.1) is 35.9 Å². The number of amides is 2. The number of hydrogen-bond donors (Lipinski definition) is 5. The molecule has 2 heterocycles. The second-order valence-corrected chi connectivity index (χ2v) is 17.2. The van der Waals surface area contributed by atoms with Crippen LogP contribution < -0.4 is 10.1 Å². The Balaban J connectivity index is 1.74. The van der Waals surface area contributed by atoms with E-state index in [1.54, 1.807) is 68.8 Å². The third-order valence-electron chi connectivity index (χ3n) is 12.1. The lowest BCUT2D eigenvalue weighted by atomic mass is 9.78. The zero-order valence-electron chi connectivity index (χ0n) is 33.8. The standard InChI is InChI=1S/C40H66ClN3O10/c1-11-31-40(8,50)34(46)26(6)42-21-22(2)20-39(7,49)35(24(4)32(45)25(5)36(47)53-31)54-37-33(52-29-17-12-14-27(41)19-29)30(18-23(3)51-37)44(10)38(48)43(9)28-15-13-16-28/h12,14,17,19,22-26,28,30-35,37,42,45-46,49-50H,11,13,15-16,18,20-21H2,1-10H3/t22-,23-,24+,25-,26-,30+,31-,32+,33-,34-,35-,37+,39-,40-/m1/s1. The van der Waals surface area contributed by atoms with Crippen LogP contribution in [-0.2, 0) is 19.0 Å². The third kappa shape index (κ3) is 10.2. The molecule has 2 saturated heterocycles. The topological polar surface area (TPSA) is 170 Å². The van der Waals surface area contributed by atoms with Crippen LogP contribution >= 0.6 is 11.6 Å². The van der Waals surface area contributed by atoms with E-state index in [-0.39, 0.29) is 36.9 Å². The largest absolute Gasteiger partial charge is 0.483 e. The molecule has 3 fully saturated rings. The Morgan fingerprint density at radius 3 is 2.33 bits per heavy atom. The van der Waals surface area contributed by atoms with E-state index >= 15 is 0 Å². The zero-order chi connectivity index (χ0) is 40.3. The van der Waals surface area contributed by atoms with Crippen molar-refractivity contribution in [2.45, 2.75) is 166 Å². The minimum absolute atomic E-state index is 0.153. The highest BCUT2D eigenvalue weighted by Crippen LogP contribution is 2.38.